The van der Waals surface area contributed by atoms with Gasteiger partial charge in [-0.05, 0) is 44.2 Å². The number of halogens is 1. The van der Waals surface area contributed by atoms with E-state index >= 15 is 0 Å². The molecule has 0 aromatic heterocycles. The Bertz CT molecular complexity index is 374. The van der Waals surface area contributed by atoms with Gasteiger partial charge in [0.25, 0.3) is 0 Å². The van der Waals surface area contributed by atoms with Crippen LogP contribution in [0.4, 0.5) is 0 Å². The first kappa shape index (κ1) is 12.7. The monoisotopic (exact) mass is 253 g/mol. The van der Waals surface area contributed by atoms with Crippen LogP contribution >= 0.6 is 11.6 Å². The first-order valence-corrected chi connectivity index (χ1v) is 6.70. The highest BCUT2D eigenvalue weighted by Gasteiger charge is 2.19. The highest BCUT2D eigenvalue weighted by atomic mass is 35.5. The van der Waals surface area contributed by atoms with Crippen molar-refractivity contribution in [1.82, 2.24) is 0 Å². The third-order valence-corrected chi connectivity index (χ3v) is 3.66. The zero-order valence-electron chi connectivity index (χ0n) is 10.3. The maximum atomic E-state index is 6.20. The van der Waals surface area contributed by atoms with Crippen molar-refractivity contribution in [3.63, 3.8) is 0 Å². The van der Waals surface area contributed by atoms with E-state index in [0.29, 0.717) is 0 Å². The molecule has 2 N–H and O–H groups in total. The van der Waals surface area contributed by atoms with Crippen molar-refractivity contribution >= 4 is 11.6 Å². The summed E-state index contributed by atoms with van der Waals surface area (Å²) in [6.07, 6.45) is 4.70. The summed E-state index contributed by atoms with van der Waals surface area (Å²) in [6, 6.07) is 5.92. The molecule has 3 heteroatoms. The lowest BCUT2D eigenvalue weighted by Gasteiger charge is -2.26. The molecular weight excluding hydrogens is 234 g/mol. The van der Waals surface area contributed by atoms with Crippen molar-refractivity contribution in [2.45, 2.75) is 38.6 Å². The molecule has 0 spiro atoms. The smallest absolute Gasteiger partial charge is 0.124 e. The van der Waals surface area contributed by atoms with Crippen LogP contribution in [-0.4, -0.2) is 12.6 Å². The van der Waals surface area contributed by atoms with E-state index in [2.05, 4.69) is 0 Å². The first-order valence-electron chi connectivity index (χ1n) is 6.32. The van der Waals surface area contributed by atoms with Crippen LogP contribution < -0.4 is 10.5 Å². The van der Waals surface area contributed by atoms with Crippen LogP contribution in [-0.2, 0) is 6.42 Å². The lowest BCUT2D eigenvalue weighted by atomic mass is 9.86. The summed E-state index contributed by atoms with van der Waals surface area (Å²) in [7, 11) is 0. The minimum atomic E-state index is 0.0981. The molecule has 1 unspecified atom stereocenters. The Morgan fingerprint density at radius 1 is 1.47 bits per heavy atom. The van der Waals surface area contributed by atoms with Gasteiger partial charge in [0, 0.05) is 16.6 Å². The molecule has 1 saturated carbocycles. The molecule has 0 saturated heterocycles. The Hall–Kier alpha value is -0.730. The summed E-state index contributed by atoms with van der Waals surface area (Å²) in [5, 5.41) is 0.758. The second-order valence-electron chi connectivity index (χ2n) is 5.01. The quantitative estimate of drug-likeness (QED) is 0.873. The maximum Gasteiger partial charge on any atom is 0.124 e. The van der Waals surface area contributed by atoms with Gasteiger partial charge in [-0.15, -0.1) is 0 Å². The van der Waals surface area contributed by atoms with E-state index in [0.717, 1.165) is 35.3 Å². The number of rotatable bonds is 5. The molecule has 0 amide bonds. The SMILES string of the molecule is CC(N)Cc1c(Cl)cccc1OCC1CCC1. The van der Waals surface area contributed by atoms with Crippen LogP contribution in [0, 0.1) is 5.92 Å². The molecule has 1 fully saturated rings. The number of benzene rings is 1. The Balaban J connectivity index is 2.05. The van der Waals surface area contributed by atoms with E-state index in [9.17, 15) is 0 Å². The number of hydrogen-bond acceptors (Lipinski definition) is 2. The Morgan fingerprint density at radius 2 is 2.24 bits per heavy atom. The molecule has 0 radical (unpaired) electrons. The van der Waals surface area contributed by atoms with Gasteiger partial charge >= 0.3 is 0 Å². The largest absolute Gasteiger partial charge is 0.493 e. The highest BCUT2D eigenvalue weighted by molar-refractivity contribution is 6.31. The topological polar surface area (TPSA) is 35.2 Å². The summed E-state index contributed by atoms with van der Waals surface area (Å²) < 4.78 is 5.88. The molecular formula is C14H20ClNO. The van der Waals surface area contributed by atoms with Gasteiger partial charge in [0.05, 0.1) is 6.61 Å². The van der Waals surface area contributed by atoms with Crippen molar-refractivity contribution in [1.29, 1.82) is 0 Å². The lowest BCUT2D eigenvalue weighted by molar-refractivity contribution is 0.179. The molecule has 1 atom stereocenters. The molecule has 0 heterocycles. The number of nitrogens with two attached hydrogens (primary N) is 1. The Morgan fingerprint density at radius 3 is 2.82 bits per heavy atom. The van der Waals surface area contributed by atoms with Crippen LogP contribution in [0.2, 0.25) is 5.02 Å². The standard InChI is InChI=1S/C14H20ClNO/c1-10(16)8-12-13(15)6-3-7-14(12)17-9-11-4-2-5-11/h3,6-7,10-11H,2,4-5,8-9,16H2,1H3. The average Bonchev–Trinajstić information content (AvgIpc) is 2.20. The average molecular weight is 254 g/mol. The van der Waals surface area contributed by atoms with Gasteiger partial charge in [-0.3, -0.25) is 0 Å². The van der Waals surface area contributed by atoms with Gasteiger partial charge in [-0.2, -0.15) is 0 Å². The van der Waals surface area contributed by atoms with Gasteiger partial charge in [0.2, 0.25) is 0 Å². The summed E-state index contributed by atoms with van der Waals surface area (Å²) in [6.45, 7) is 2.80. The predicted octanol–water partition coefficient (Wildman–Crippen LogP) is 3.41. The van der Waals surface area contributed by atoms with Crippen molar-refractivity contribution in [3.05, 3.63) is 28.8 Å². The molecule has 1 aromatic carbocycles. The second kappa shape index (κ2) is 5.74. The fourth-order valence-electron chi connectivity index (χ4n) is 2.06. The second-order valence-corrected chi connectivity index (χ2v) is 5.41. The molecule has 1 aliphatic rings. The fraction of sp³-hybridized carbons (Fsp3) is 0.571. The van der Waals surface area contributed by atoms with Gasteiger partial charge in [-0.1, -0.05) is 24.1 Å². The highest BCUT2D eigenvalue weighted by Crippen LogP contribution is 2.31. The fourth-order valence-corrected chi connectivity index (χ4v) is 2.30. The molecule has 1 aromatic rings. The summed E-state index contributed by atoms with van der Waals surface area (Å²) in [5.41, 5.74) is 6.89. The van der Waals surface area contributed by atoms with E-state index in [1.54, 1.807) is 0 Å². The van der Waals surface area contributed by atoms with Crippen LogP contribution in [0.5, 0.6) is 5.75 Å². The molecule has 94 valence electrons. The Kier molecular flexibility index (Phi) is 4.30. The molecule has 2 nitrogen and oxygen atoms in total. The summed E-state index contributed by atoms with van der Waals surface area (Å²) >= 11 is 6.20. The van der Waals surface area contributed by atoms with Crippen LogP contribution in [0.1, 0.15) is 31.7 Å². The van der Waals surface area contributed by atoms with E-state index in [4.69, 9.17) is 22.1 Å². The van der Waals surface area contributed by atoms with Crippen LogP contribution in [0.15, 0.2) is 18.2 Å². The maximum absolute atomic E-state index is 6.20. The van der Waals surface area contributed by atoms with E-state index in [1.807, 2.05) is 25.1 Å². The zero-order valence-corrected chi connectivity index (χ0v) is 11.0. The molecule has 0 bridgehead atoms. The third kappa shape index (κ3) is 3.36. The third-order valence-electron chi connectivity index (χ3n) is 3.30. The predicted molar refractivity (Wildman–Crippen MR) is 71.6 cm³/mol. The zero-order chi connectivity index (χ0) is 12.3. The minimum Gasteiger partial charge on any atom is -0.493 e. The van der Waals surface area contributed by atoms with Gasteiger partial charge < -0.3 is 10.5 Å². The van der Waals surface area contributed by atoms with E-state index in [-0.39, 0.29) is 6.04 Å². The molecule has 17 heavy (non-hydrogen) atoms. The van der Waals surface area contributed by atoms with Crippen molar-refractivity contribution < 1.29 is 4.74 Å². The Labute approximate surface area is 108 Å². The lowest BCUT2D eigenvalue weighted by Crippen LogP contribution is -2.21. The van der Waals surface area contributed by atoms with Crippen molar-refractivity contribution in [3.8, 4) is 5.75 Å². The number of hydrogen-bond donors (Lipinski definition) is 1. The molecule has 1 aliphatic carbocycles. The normalized spacial score (nSPS) is 17.6. The van der Waals surface area contributed by atoms with Gasteiger partial charge in [0.1, 0.15) is 5.75 Å². The van der Waals surface area contributed by atoms with Gasteiger partial charge in [-0.25, -0.2) is 0 Å². The molecule has 2 rings (SSSR count). The number of ether oxygens (including phenoxy) is 1. The van der Waals surface area contributed by atoms with E-state index in [1.165, 1.54) is 19.3 Å². The van der Waals surface area contributed by atoms with Crippen LogP contribution in [0.25, 0.3) is 0 Å². The van der Waals surface area contributed by atoms with Crippen LogP contribution in [0.3, 0.4) is 0 Å². The van der Waals surface area contributed by atoms with Crippen molar-refractivity contribution in [2.24, 2.45) is 11.7 Å². The summed E-state index contributed by atoms with van der Waals surface area (Å²) in [4.78, 5) is 0. The summed E-state index contributed by atoms with van der Waals surface area (Å²) in [5.74, 6) is 1.64. The first-order chi connectivity index (χ1) is 8.16. The van der Waals surface area contributed by atoms with Gasteiger partial charge in [0.15, 0.2) is 0 Å². The molecule has 0 aliphatic heterocycles. The van der Waals surface area contributed by atoms with E-state index < -0.39 is 0 Å². The van der Waals surface area contributed by atoms with Crippen molar-refractivity contribution in [2.75, 3.05) is 6.61 Å². The minimum absolute atomic E-state index is 0.0981.